The van der Waals surface area contributed by atoms with Gasteiger partial charge in [-0.05, 0) is 20.8 Å². The molecule has 0 radical (unpaired) electrons. The molecule has 0 aromatic rings. The minimum atomic E-state index is -0.370. The van der Waals surface area contributed by atoms with Crippen molar-refractivity contribution in [2.75, 3.05) is 26.7 Å². The molecule has 3 aliphatic rings. The summed E-state index contributed by atoms with van der Waals surface area (Å²) in [5.41, 5.74) is -0.370. The molecular formula is C13H24NO2+. The zero-order valence-electron chi connectivity index (χ0n) is 11.0. The second-order valence-corrected chi connectivity index (χ2v) is 6.78. The standard InChI is InChI=1S/C13H24NO2/c1-13(2,3)12(15)16-11-9-14(4)7-5-10(11)6-8-14/h10-11H,5-9H2,1-4H3/q+1. The Hall–Kier alpha value is -0.570. The summed E-state index contributed by atoms with van der Waals surface area (Å²) in [6.45, 7) is 9.31. The maximum Gasteiger partial charge on any atom is 0.311 e. The van der Waals surface area contributed by atoms with E-state index < -0.39 is 0 Å². The summed E-state index contributed by atoms with van der Waals surface area (Å²) in [4.78, 5) is 11.9. The molecule has 0 amide bonds. The Morgan fingerprint density at radius 1 is 1.25 bits per heavy atom. The summed E-state index contributed by atoms with van der Waals surface area (Å²) in [6, 6.07) is 0. The van der Waals surface area contributed by atoms with Gasteiger partial charge in [0, 0.05) is 18.8 Å². The van der Waals surface area contributed by atoms with Crippen LogP contribution in [-0.4, -0.2) is 43.2 Å². The summed E-state index contributed by atoms with van der Waals surface area (Å²) < 4.78 is 6.80. The van der Waals surface area contributed by atoms with Crippen LogP contribution in [0.3, 0.4) is 0 Å². The number of hydrogen-bond donors (Lipinski definition) is 0. The monoisotopic (exact) mass is 226 g/mol. The van der Waals surface area contributed by atoms with Gasteiger partial charge >= 0.3 is 5.97 Å². The van der Waals surface area contributed by atoms with Gasteiger partial charge in [-0.1, -0.05) is 0 Å². The molecule has 3 heteroatoms. The van der Waals surface area contributed by atoms with Crippen LogP contribution in [0.25, 0.3) is 0 Å². The van der Waals surface area contributed by atoms with Crippen LogP contribution in [-0.2, 0) is 9.53 Å². The van der Waals surface area contributed by atoms with Crippen LogP contribution < -0.4 is 0 Å². The number of carbonyl (C=O) groups is 1. The molecule has 3 rings (SSSR count). The predicted octanol–water partition coefficient (Wildman–Crippen LogP) is 1.81. The van der Waals surface area contributed by atoms with Crippen LogP contribution in [0, 0.1) is 11.3 Å². The third-order valence-electron chi connectivity index (χ3n) is 4.10. The number of likely N-dealkylation sites (N-methyl/N-ethyl adjacent to an activating group) is 1. The molecule has 0 spiro atoms. The zero-order valence-corrected chi connectivity index (χ0v) is 11.0. The number of hydrogen-bond acceptors (Lipinski definition) is 2. The summed E-state index contributed by atoms with van der Waals surface area (Å²) in [5, 5.41) is 0. The first-order valence-corrected chi connectivity index (χ1v) is 6.35. The van der Waals surface area contributed by atoms with Gasteiger partial charge in [-0.3, -0.25) is 4.79 Å². The van der Waals surface area contributed by atoms with Crippen LogP contribution in [0.4, 0.5) is 0 Å². The van der Waals surface area contributed by atoms with Gasteiger partial charge < -0.3 is 9.22 Å². The lowest BCUT2D eigenvalue weighted by Gasteiger charge is -2.50. The Kier molecular flexibility index (Phi) is 2.77. The predicted molar refractivity (Wildman–Crippen MR) is 62.8 cm³/mol. The molecule has 3 heterocycles. The van der Waals surface area contributed by atoms with E-state index in [1.807, 2.05) is 20.8 Å². The van der Waals surface area contributed by atoms with Crippen LogP contribution in [0.5, 0.6) is 0 Å². The van der Waals surface area contributed by atoms with Crippen molar-refractivity contribution in [2.24, 2.45) is 11.3 Å². The molecule has 3 fully saturated rings. The van der Waals surface area contributed by atoms with Crippen molar-refractivity contribution in [3.63, 3.8) is 0 Å². The summed E-state index contributed by atoms with van der Waals surface area (Å²) in [7, 11) is 2.29. The molecule has 0 N–H and O–H groups in total. The fourth-order valence-corrected chi connectivity index (χ4v) is 2.80. The van der Waals surface area contributed by atoms with Gasteiger partial charge in [0.1, 0.15) is 6.54 Å². The molecule has 0 saturated carbocycles. The van der Waals surface area contributed by atoms with Crippen molar-refractivity contribution >= 4 is 5.97 Å². The van der Waals surface area contributed by atoms with Gasteiger partial charge in [-0.2, -0.15) is 0 Å². The topological polar surface area (TPSA) is 26.3 Å². The Balaban J connectivity index is 1.99. The second-order valence-electron chi connectivity index (χ2n) is 6.78. The number of carbonyl (C=O) groups excluding carboxylic acids is 1. The van der Waals surface area contributed by atoms with Crippen molar-refractivity contribution in [3.05, 3.63) is 0 Å². The maximum atomic E-state index is 11.9. The van der Waals surface area contributed by atoms with E-state index in [2.05, 4.69) is 7.05 Å². The van der Waals surface area contributed by atoms with E-state index in [1.165, 1.54) is 25.9 Å². The lowest BCUT2D eigenvalue weighted by atomic mass is 9.83. The molecule has 2 bridgehead atoms. The summed E-state index contributed by atoms with van der Waals surface area (Å²) >= 11 is 0. The van der Waals surface area contributed by atoms with Crippen LogP contribution in [0.1, 0.15) is 33.6 Å². The number of piperidine rings is 3. The number of quaternary nitrogens is 1. The van der Waals surface area contributed by atoms with Gasteiger partial charge in [0.05, 0.1) is 25.6 Å². The third-order valence-corrected chi connectivity index (χ3v) is 4.10. The molecule has 1 unspecified atom stereocenters. The highest BCUT2D eigenvalue weighted by atomic mass is 16.5. The van der Waals surface area contributed by atoms with Gasteiger partial charge in [0.25, 0.3) is 0 Å². The Bertz CT molecular complexity index is 285. The van der Waals surface area contributed by atoms with E-state index in [9.17, 15) is 4.79 Å². The number of rotatable bonds is 1. The fourth-order valence-electron chi connectivity index (χ4n) is 2.80. The molecular weight excluding hydrogens is 202 g/mol. The largest absolute Gasteiger partial charge is 0.456 e. The molecule has 3 nitrogen and oxygen atoms in total. The maximum absolute atomic E-state index is 11.9. The highest BCUT2D eigenvalue weighted by molar-refractivity contribution is 5.75. The molecule has 92 valence electrons. The number of fused-ring (bicyclic) bond motifs is 3. The van der Waals surface area contributed by atoms with E-state index in [0.29, 0.717) is 5.92 Å². The van der Waals surface area contributed by atoms with Crippen molar-refractivity contribution in [1.29, 1.82) is 0 Å². The number of ether oxygens (including phenoxy) is 1. The smallest absolute Gasteiger partial charge is 0.311 e. The van der Waals surface area contributed by atoms with Crippen molar-refractivity contribution in [2.45, 2.75) is 39.7 Å². The van der Waals surface area contributed by atoms with E-state index >= 15 is 0 Å². The van der Waals surface area contributed by atoms with Crippen molar-refractivity contribution in [3.8, 4) is 0 Å². The molecule has 3 aliphatic heterocycles. The third kappa shape index (κ3) is 2.24. The van der Waals surface area contributed by atoms with Gasteiger partial charge in [0.2, 0.25) is 0 Å². The van der Waals surface area contributed by atoms with E-state index in [4.69, 9.17) is 4.74 Å². The minimum Gasteiger partial charge on any atom is -0.456 e. The SMILES string of the molecule is CC(C)(C)C(=O)OC1C[N+]2(C)CCC1CC2. The molecule has 3 saturated heterocycles. The normalized spacial score (nSPS) is 38.5. The Morgan fingerprint density at radius 3 is 2.25 bits per heavy atom. The second kappa shape index (κ2) is 3.73. The lowest BCUT2D eigenvalue weighted by Crippen LogP contribution is -2.62. The zero-order chi connectivity index (χ0) is 12.0. The van der Waals surface area contributed by atoms with Crippen LogP contribution in [0.2, 0.25) is 0 Å². The van der Waals surface area contributed by atoms with E-state index in [1.54, 1.807) is 0 Å². The molecule has 16 heavy (non-hydrogen) atoms. The quantitative estimate of drug-likeness (QED) is 0.503. The average Bonchev–Trinajstić information content (AvgIpc) is 2.16. The van der Waals surface area contributed by atoms with Crippen molar-refractivity contribution < 1.29 is 14.0 Å². The minimum absolute atomic E-state index is 0.0437. The van der Waals surface area contributed by atoms with Crippen LogP contribution >= 0.6 is 0 Å². The first-order chi connectivity index (χ1) is 7.30. The number of nitrogens with zero attached hydrogens (tertiary/aromatic N) is 1. The highest BCUT2D eigenvalue weighted by Gasteiger charge is 2.45. The first-order valence-electron chi connectivity index (χ1n) is 6.35. The molecule has 1 atom stereocenters. The molecule has 0 aromatic carbocycles. The highest BCUT2D eigenvalue weighted by Crippen LogP contribution is 2.34. The molecule has 0 aromatic heterocycles. The van der Waals surface area contributed by atoms with Crippen LogP contribution in [0.15, 0.2) is 0 Å². The lowest BCUT2D eigenvalue weighted by molar-refractivity contribution is -0.928. The number of esters is 1. The Morgan fingerprint density at radius 2 is 1.81 bits per heavy atom. The summed E-state index contributed by atoms with van der Waals surface area (Å²) in [6.07, 6.45) is 2.61. The van der Waals surface area contributed by atoms with Gasteiger partial charge in [0.15, 0.2) is 6.10 Å². The van der Waals surface area contributed by atoms with Crippen molar-refractivity contribution in [1.82, 2.24) is 0 Å². The first kappa shape index (κ1) is 11.9. The van der Waals surface area contributed by atoms with Gasteiger partial charge in [-0.15, -0.1) is 0 Å². The van der Waals surface area contributed by atoms with E-state index in [-0.39, 0.29) is 17.5 Å². The van der Waals surface area contributed by atoms with E-state index in [0.717, 1.165) is 11.0 Å². The Labute approximate surface area is 98.4 Å². The average molecular weight is 226 g/mol. The van der Waals surface area contributed by atoms with Gasteiger partial charge in [-0.25, -0.2) is 0 Å². The summed E-state index contributed by atoms with van der Waals surface area (Å²) in [5.74, 6) is 0.573. The fraction of sp³-hybridized carbons (Fsp3) is 0.923. The molecule has 0 aliphatic carbocycles.